The number of nitrogens with zero attached hydrogens (tertiary/aromatic N) is 5. The number of esters is 1. The number of aliphatic imine (C=N–C) groups is 1. The number of sulfonamides is 1. The summed E-state index contributed by atoms with van der Waals surface area (Å²) in [5.41, 5.74) is 1.48. The predicted octanol–water partition coefficient (Wildman–Crippen LogP) is 3.38. The van der Waals surface area contributed by atoms with Crippen LogP contribution < -0.4 is 4.72 Å². The molecule has 1 aromatic heterocycles. The quantitative estimate of drug-likeness (QED) is 0.394. The molecule has 0 spiro atoms. The standard InChI is InChI=1S/C22H17ClN6O5S/c1-11-9-14(10-15(23)18(11)30)25-21-17(24-2)16(22(31)34-3)20-26-19(27-29(20)21)12-5-7-13(8-6-12)28-35(4,32)33/h5-10,28,30H,1,3-4H3. The Kier molecular flexibility index (Phi) is 6.06. The molecule has 0 bridgehead atoms. The van der Waals surface area contributed by atoms with Gasteiger partial charge in [0.25, 0.3) is 0 Å². The van der Waals surface area contributed by atoms with E-state index in [1.165, 1.54) is 17.9 Å². The number of methoxy groups -OCH3 is 1. The van der Waals surface area contributed by atoms with Gasteiger partial charge in [0.1, 0.15) is 11.3 Å². The number of anilines is 1. The molecule has 0 atom stereocenters. The monoisotopic (exact) mass is 512 g/mol. The molecule has 13 heteroatoms. The Morgan fingerprint density at radius 1 is 1.29 bits per heavy atom. The van der Waals surface area contributed by atoms with Crippen molar-refractivity contribution in [1.82, 2.24) is 14.8 Å². The molecule has 0 aliphatic carbocycles. The van der Waals surface area contributed by atoms with Crippen LogP contribution in [0.2, 0.25) is 5.02 Å². The van der Waals surface area contributed by atoms with Gasteiger partial charge in [-0.25, -0.2) is 32.7 Å². The van der Waals surface area contributed by atoms with Crippen LogP contribution in [0.4, 0.5) is 11.4 Å². The van der Waals surface area contributed by atoms with E-state index in [1.807, 2.05) is 0 Å². The molecule has 35 heavy (non-hydrogen) atoms. The van der Waals surface area contributed by atoms with Gasteiger partial charge in [-0.3, -0.25) is 4.72 Å². The van der Waals surface area contributed by atoms with E-state index in [1.54, 1.807) is 37.3 Å². The fraction of sp³-hybridized carbons (Fsp3) is 0.136. The fourth-order valence-electron chi connectivity index (χ4n) is 3.36. The lowest BCUT2D eigenvalue weighted by atomic mass is 10.2. The van der Waals surface area contributed by atoms with E-state index >= 15 is 0 Å². The summed E-state index contributed by atoms with van der Waals surface area (Å²) in [6.07, 6.45) is 1.04. The second-order valence-corrected chi connectivity index (χ2v) is 9.63. The molecule has 3 aromatic rings. The van der Waals surface area contributed by atoms with Crippen molar-refractivity contribution in [3.8, 4) is 17.1 Å². The molecular formula is C22H17ClN6O5S. The smallest absolute Gasteiger partial charge is 0.331 e. The van der Waals surface area contributed by atoms with Gasteiger partial charge in [-0.1, -0.05) is 11.6 Å². The molecule has 2 aromatic carbocycles. The van der Waals surface area contributed by atoms with Crippen LogP contribution in [0.25, 0.3) is 21.8 Å². The highest BCUT2D eigenvalue weighted by molar-refractivity contribution is 7.92. The van der Waals surface area contributed by atoms with Crippen molar-refractivity contribution >= 4 is 50.4 Å². The molecule has 4 rings (SSSR count). The zero-order valence-electron chi connectivity index (χ0n) is 18.6. The number of aryl methyl sites for hydroxylation is 1. The van der Waals surface area contributed by atoms with Crippen LogP contribution in [0.5, 0.6) is 5.75 Å². The van der Waals surface area contributed by atoms with Gasteiger partial charge in [0.2, 0.25) is 15.7 Å². The Morgan fingerprint density at radius 2 is 1.97 bits per heavy atom. The predicted molar refractivity (Wildman–Crippen MR) is 130 cm³/mol. The van der Waals surface area contributed by atoms with Gasteiger partial charge in [0.05, 0.1) is 30.6 Å². The van der Waals surface area contributed by atoms with Crippen molar-refractivity contribution in [2.45, 2.75) is 6.92 Å². The van der Waals surface area contributed by atoms with Crippen LogP contribution in [-0.4, -0.2) is 53.5 Å². The number of hydrogen-bond acceptors (Lipinski definition) is 8. The minimum absolute atomic E-state index is 0.0330. The number of phenols is 1. The van der Waals surface area contributed by atoms with Gasteiger partial charge < -0.3 is 9.84 Å². The van der Waals surface area contributed by atoms with E-state index in [2.05, 4.69) is 24.6 Å². The number of allylic oxidation sites excluding steroid dienone is 1. The Bertz CT molecular complexity index is 1560. The van der Waals surface area contributed by atoms with E-state index < -0.39 is 16.0 Å². The van der Waals surface area contributed by atoms with Crippen molar-refractivity contribution in [2.75, 3.05) is 18.1 Å². The van der Waals surface area contributed by atoms with Crippen LogP contribution in [0.1, 0.15) is 11.4 Å². The lowest BCUT2D eigenvalue weighted by Gasteiger charge is -2.06. The number of benzene rings is 2. The third-order valence-corrected chi connectivity index (χ3v) is 5.80. The minimum Gasteiger partial charge on any atom is -0.506 e. The zero-order valence-corrected chi connectivity index (χ0v) is 20.1. The number of fused-ring (bicyclic) bond motifs is 1. The second-order valence-electron chi connectivity index (χ2n) is 7.48. The number of carbonyl (C=O) groups excluding carboxylic acids is 1. The van der Waals surface area contributed by atoms with E-state index in [4.69, 9.17) is 22.9 Å². The Hall–Kier alpha value is -4.21. The van der Waals surface area contributed by atoms with Crippen molar-refractivity contribution in [1.29, 1.82) is 0 Å². The summed E-state index contributed by atoms with van der Waals surface area (Å²) in [5, 5.41) is 14.4. The molecule has 1 aliphatic heterocycles. The van der Waals surface area contributed by atoms with Gasteiger partial charge in [0.15, 0.2) is 17.5 Å². The maximum absolute atomic E-state index is 12.5. The van der Waals surface area contributed by atoms with Crippen LogP contribution in [0.15, 0.2) is 47.1 Å². The van der Waals surface area contributed by atoms with Crippen LogP contribution in [0, 0.1) is 13.5 Å². The molecule has 0 unspecified atom stereocenters. The summed E-state index contributed by atoms with van der Waals surface area (Å²) in [7, 11) is -2.25. The first-order valence-electron chi connectivity index (χ1n) is 9.86. The lowest BCUT2D eigenvalue weighted by Crippen LogP contribution is -2.11. The first-order chi connectivity index (χ1) is 16.5. The summed E-state index contributed by atoms with van der Waals surface area (Å²) < 4.78 is 31.4. The van der Waals surface area contributed by atoms with E-state index in [0.29, 0.717) is 22.5 Å². The third kappa shape index (κ3) is 4.59. The molecule has 0 amide bonds. The number of aromatic hydroxyl groups is 1. The first-order valence-corrected chi connectivity index (χ1v) is 12.1. The molecule has 178 valence electrons. The normalized spacial score (nSPS) is 14.1. The van der Waals surface area contributed by atoms with Gasteiger partial charge >= 0.3 is 5.97 Å². The highest BCUT2D eigenvalue weighted by atomic mass is 35.5. The zero-order chi connectivity index (χ0) is 25.5. The van der Waals surface area contributed by atoms with Gasteiger partial charge in [-0.2, -0.15) is 0 Å². The average Bonchev–Trinajstić information content (AvgIpc) is 3.34. The maximum atomic E-state index is 12.5. The number of nitrogens with one attached hydrogen (secondary N) is 1. The number of aromatic nitrogens is 3. The number of carbonyl (C=O) groups is 1. The topological polar surface area (TPSA) is 140 Å². The Labute approximate surface area is 205 Å². The van der Waals surface area contributed by atoms with Crippen LogP contribution >= 0.6 is 11.6 Å². The largest absolute Gasteiger partial charge is 0.506 e. The first kappa shape index (κ1) is 23.9. The molecular weight excluding hydrogens is 496 g/mol. The third-order valence-electron chi connectivity index (χ3n) is 4.90. The summed E-state index contributed by atoms with van der Waals surface area (Å²) in [6.45, 7) is 9.27. The molecule has 0 fully saturated rings. The number of rotatable bonds is 5. The van der Waals surface area contributed by atoms with Crippen molar-refractivity contribution in [3.63, 3.8) is 0 Å². The van der Waals surface area contributed by atoms with Gasteiger partial charge in [-0.15, -0.1) is 5.10 Å². The molecule has 11 nitrogen and oxygen atoms in total. The second kappa shape index (κ2) is 8.86. The molecule has 0 saturated carbocycles. The average molecular weight is 513 g/mol. The van der Waals surface area contributed by atoms with E-state index in [-0.39, 0.29) is 39.5 Å². The summed E-state index contributed by atoms with van der Waals surface area (Å²) >= 11 is 6.07. The molecule has 2 heterocycles. The summed E-state index contributed by atoms with van der Waals surface area (Å²) in [4.78, 5) is 24.9. The Morgan fingerprint density at radius 3 is 2.54 bits per heavy atom. The van der Waals surface area contributed by atoms with Crippen LogP contribution in [-0.2, 0) is 19.6 Å². The van der Waals surface area contributed by atoms with Gasteiger partial charge in [-0.05, 0) is 48.9 Å². The number of hydrogen-bond donors (Lipinski definition) is 2. The minimum atomic E-state index is -3.44. The molecule has 1 aliphatic rings. The maximum Gasteiger partial charge on any atom is 0.331 e. The Balaban J connectivity index is 1.85. The van der Waals surface area contributed by atoms with Crippen molar-refractivity contribution in [3.05, 3.63) is 69.9 Å². The van der Waals surface area contributed by atoms with Crippen molar-refractivity contribution < 1.29 is 23.1 Å². The summed E-state index contributed by atoms with van der Waals surface area (Å²) in [6, 6.07) is 9.28. The number of ether oxygens (including phenoxy) is 1. The van der Waals surface area contributed by atoms with Crippen molar-refractivity contribution in [2.24, 2.45) is 4.99 Å². The van der Waals surface area contributed by atoms with Crippen LogP contribution in [0.3, 0.4) is 0 Å². The van der Waals surface area contributed by atoms with Gasteiger partial charge in [0, 0.05) is 11.3 Å². The number of phenolic OH excluding ortho intramolecular Hbond substituents is 1. The molecule has 2 N–H and O–H groups in total. The fourth-order valence-corrected chi connectivity index (χ4v) is 4.19. The SMILES string of the molecule is [C-]#[N+]C1=C(C(=O)OC)c2nc(-c3ccc(NS(C)(=O)=O)cc3)nn2C1=Nc1cc(C)c(O)c(Cl)c1. The lowest BCUT2D eigenvalue weighted by molar-refractivity contribution is -0.133. The highest BCUT2D eigenvalue weighted by Gasteiger charge is 2.37. The van der Waals surface area contributed by atoms with E-state index in [9.17, 15) is 18.3 Å². The summed E-state index contributed by atoms with van der Waals surface area (Å²) in [5.74, 6) is -0.559. The number of halogens is 1. The van der Waals surface area contributed by atoms with E-state index in [0.717, 1.165) is 6.26 Å². The highest BCUT2D eigenvalue weighted by Crippen LogP contribution is 2.35. The molecule has 0 radical (unpaired) electrons. The molecule has 0 saturated heterocycles.